The topological polar surface area (TPSA) is 6.48 Å². The second kappa shape index (κ2) is 6.57. The average molecular weight is 355 g/mol. The van der Waals surface area contributed by atoms with E-state index < -0.39 is 33.9 Å². The molecule has 1 heterocycles. The summed E-state index contributed by atoms with van der Waals surface area (Å²) < 4.78 is 5.74. The van der Waals surface area contributed by atoms with E-state index in [0.717, 1.165) is 0 Å². The van der Waals surface area contributed by atoms with Crippen molar-refractivity contribution in [1.82, 2.24) is 0 Å². The predicted octanol–water partition coefficient (Wildman–Crippen LogP) is 3.66. The zero-order valence-corrected chi connectivity index (χ0v) is 17.7. The highest BCUT2D eigenvalue weighted by molar-refractivity contribution is 7.44. The third kappa shape index (κ3) is 2.76. The summed E-state index contributed by atoms with van der Waals surface area (Å²) in [5, 5.41) is 0. The molecule has 2 nitrogen and oxygen atoms in total. The van der Waals surface area contributed by atoms with Crippen LogP contribution < -0.4 is 8.46 Å². The number of rotatable bonds is 2. The van der Waals surface area contributed by atoms with Crippen molar-refractivity contribution < 1.29 is 0 Å². The highest BCUT2D eigenvalue weighted by Crippen LogP contribution is 2.28. The van der Waals surface area contributed by atoms with Gasteiger partial charge < -0.3 is 8.46 Å². The molecule has 22 heavy (non-hydrogen) atoms. The van der Waals surface area contributed by atoms with Crippen LogP contribution in [0.4, 0.5) is 11.4 Å². The van der Waals surface area contributed by atoms with E-state index in [4.69, 9.17) is 0 Å². The molecule has 0 saturated carbocycles. The SMILES string of the molecule is C[Si]1N(c2ccccc2)[Si](C)[Si](C)N(c2ccccc2)[Si]1C. The molecule has 0 spiro atoms. The van der Waals surface area contributed by atoms with Gasteiger partial charge >= 0.3 is 0 Å². The number of para-hydroxylation sites is 2. The molecule has 1 aliphatic heterocycles. The van der Waals surface area contributed by atoms with E-state index in [1.165, 1.54) is 11.4 Å². The van der Waals surface area contributed by atoms with Crippen molar-refractivity contribution in [3.63, 3.8) is 0 Å². The van der Waals surface area contributed by atoms with E-state index in [9.17, 15) is 0 Å². The standard InChI is InChI=1S/C16H22N2Si4/c1-19-17(15-11-7-5-8-12-15)21(3)22(4)18(20(19)2)16-13-9-6-10-14-16/h5-14H,1-4H3. The first-order chi connectivity index (χ1) is 10.6. The zero-order valence-electron chi connectivity index (χ0n) is 13.7. The molecule has 3 rings (SSSR count). The molecule has 0 atom stereocenters. The van der Waals surface area contributed by atoms with Gasteiger partial charge in [-0.2, -0.15) is 0 Å². The van der Waals surface area contributed by atoms with E-state index in [1.807, 2.05) is 0 Å². The molecule has 4 radical (unpaired) electrons. The van der Waals surface area contributed by atoms with Crippen molar-refractivity contribution in [3.8, 4) is 0 Å². The van der Waals surface area contributed by atoms with Gasteiger partial charge in [0.05, 0.1) is 0 Å². The van der Waals surface area contributed by atoms with Crippen molar-refractivity contribution in [3.05, 3.63) is 60.7 Å². The summed E-state index contributed by atoms with van der Waals surface area (Å²) in [5.41, 5.74) is 2.94. The van der Waals surface area contributed by atoms with Gasteiger partial charge in [0.25, 0.3) is 0 Å². The molecule has 2 aromatic rings. The molecule has 0 N–H and O–H groups in total. The summed E-state index contributed by atoms with van der Waals surface area (Å²) >= 11 is 0. The lowest BCUT2D eigenvalue weighted by Crippen LogP contribution is -2.75. The maximum Gasteiger partial charge on any atom is 0.167 e. The fraction of sp³-hybridized carbons (Fsp3) is 0.250. The minimum atomic E-state index is -0.506. The summed E-state index contributed by atoms with van der Waals surface area (Å²) in [4.78, 5) is 0. The molecule has 0 bridgehead atoms. The maximum atomic E-state index is 2.87. The molecule has 1 saturated heterocycles. The minimum Gasteiger partial charge on any atom is -0.427 e. The fourth-order valence-electron chi connectivity index (χ4n) is 3.08. The van der Waals surface area contributed by atoms with Crippen molar-refractivity contribution in [2.45, 2.75) is 26.2 Å². The van der Waals surface area contributed by atoms with E-state index in [0.29, 0.717) is 0 Å². The highest BCUT2D eigenvalue weighted by atomic mass is 29.3. The van der Waals surface area contributed by atoms with Gasteiger partial charge in [-0.05, 0) is 24.3 Å². The largest absolute Gasteiger partial charge is 0.427 e. The summed E-state index contributed by atoms with van der Waals surface area (Å²) in [6, 6.07) is 22.2. The zero-order chi connectivity index (χ0) is 15.7. The molecule has 2 aromatic carbocycles. The smallest absolute Gasteiger partial charge is 0.167 e. The van der Waals surface area contributed by atoms with Crippen molar-refractivity contribution in [2.75, 3.05) is 8.46 Å². The highest BCUT2D eigenvalue weighted by Gasteiger charge is 2.45. The van der Waals surface area contributed by atoms with E-state index >= 15 is 0 Å². The van der Waals surface area contributed by atoms with Gasteiger partial charge in [-0.3, -0.25) is 0 Å². The predicted molar refractivity (Wildman–Crippen MR) is 104 cm³/mol. The maximum absolute atomic E-state index is 2.87. The van der Waals surface area contributed by atoms with Gasteiger partial charge in [0.15, 0.2) is 33.9 Å². The number of hydrogen-bond donors (Lipinski definition) is 0. The van der Waals surface area contributed by atoms with Crippen molar-refractivity contribution >= 4 is 45.3 Å². The first kappa shape index (κ1) is 15.8. The Kier molecular flexibility index (Phi) is 4.72. The van der Waals surface area contributed by atoms with E-state index in [2.05, 4.69) is 95.3 Å². The van der Waals surface area contributed by atoms with E-state index in [-0.39, 0.29) is 0 Å². The lowest BCUT2D eigenvalue weighted by molar-refractivity contribution is 1.43. The van der Waals surface area contributed by atoms with Gasteiger partial charge in [-0.15, -0.1) is 0 Å². The van der Waals surface area contributed by atoms with Crippen LogP contribution in [0, 0.1) is 0 Å². The Balaban J connectivity index is 1.95. The molecular formula is C16H22N2Si4. The number of nitrogens with zero attached hydrogens (tertiary/aromatic N) is 2. The molecule has 1 aliphatic rings. The summed E-state index contributed by atoms with van der Waals surface area (Å²) in [6.45, 7) is 10.1. The second-order valence-electron chi connectivity index (χ2n) is 5.68. The van der Waals surface area contributed by atoms with Gasteiger partial charge in [0, 0.05) is 11.4 Å². The van der Waals surface area contributed by atoms with E-state index in [1.54, 1.807) is 0 Å². The van der Waals surface area contributed by atoms with Gasteiger partial charge in [-0.1, -0.05) is 62.6 Å². The van der Waals surface area contributed by atoms with Crippen LogP contribution >= 0.6 is 0 Å². The van der Waals surface area contributed by atoms with Crippen LogP contribution in [-0.4, -0.2) is 33.9 Å². The average Bonchev–Trinajstić information content (AvgIpc) is 2.55. The fourth-order valence-corrected chi connectivity index (χ4v) is 29.9. The van der Waals surface area contributed by atoms with Crippen LogP contribution in [0.2, 0.25) is 26.2 Å². The molecule has 6 heteroatoms. The first-order valence-corrected chi connectivity index (χ1v) is 17.5. The third-order valence-corrected chi connectivity index (χ3v) is 25.9. The van der Waals surface area contributed by atoms with Crippen LogP contribution in [0.1, 0.15) is 0 Å². The lowest BCUT2D eigenvalue weighted by atomic mass is 10.3. The second-order valence-corrected chi connectivity index (χ2v) is 21.7. The Labute approximate surface area is 140 Å². The lowest BCUT2D eigenvalue weighted by Gasteiger charge is -2.51. The quantitative estimate of drug-likeness (QED) is 0.760. The van der Waals surface area contributed by atoms with Gasteiger partial charge in [-0.25, -0.2) is 0 Å². The van der Waals surface area contributed by atoms with Crippen LogP contribution in [0.25, 0.3) is 0 Å². The Morgan fingerprint density at radius 3 is 1.05 bits per heavy atom. The summed E-state index contributed by atoms with van der Waals surface area (Å²) in [7, 11) is -2.02. The molecule has 0 aromatic heterocycles. The number of benzene rings is 2. The van der Waals surface area contributed by atoms with Crippen LogP contribution in [0.15, 0.2) is 60.7 Å². The number of hydrogen-bond acceptors (Lipinski definition) is 2. The summed E-state index contributed by atoms with van der Waals surface area (Å²) in [5.74, 6) is 0. The van der Waals surface area contributed by atoms with Gasteiger partial charge in [0.2, 0.25) is 0 Å². The molecule has 0 amide bonds. The van der Waals surface area contributed by atoms with Crippen molar-refractivity contribution in [2.24, 2.45) is 0 Å². The normalized spacial score (nSPS) is 18.9. The summed E-state index contributed by atoms with van der Waals surface area (Å²) in [6.07, 6.45) is 0. The first-order valence-electron chi connectivity index (χ1n) is 7.66. The Bertz CT molecular complexity index is 539. The Hall–Kier alpha value is -1.09. The Morgan fingerprint density at radius 1 is 0.500 bits per heavy atom. The number of anilines is 2. The van der Waals surface area contributed by atoms with Crippen LogP contribution in [0.3, 0.4) is 0 Å². The van der Waals surface area contributed by atoms with Crippen molar-refractivity contribution in [1.29, 1.82) is 0 Å². The third-order valence-electron chi connectivity index (χ3n) is 4.42. The molecule has 0 aliphatic carbocycles. The molecule has 0 unspecified atom stereocenters. The van der Waals surface area contributed by atoms with Crippen LogP contribution in [-0.2, 0) is 0 Å². The Morgan fingerprint density at radius 2 is 0.773 bits per heavy atom. The molecule has 1 fully saturated rings. The van der Waals surface area contributed by atoms with Gasteiger partial charge in [0.1, 0.15) is 0 Å². The molecule has 112 valence electrons. The van der Waals surface area contributed by atoms with Crippen LogP contribution in [0.5, 0.6) is 0 Å². The molecular weight excluding hydrogens is 333 g/mol. The monoisotopic (exact) mass is 354 g/mol. The minimum absolute atomic E-state index is 0.506.